The first-order valence-electron chi connectivity index (χ1n) is 9.51. The Morgan fingerprint density at radius 1 is 1.37 bits per heavy atom. The lowest BCUT2D eigenvalue weighted by Crippen LogP contribution is -2.40. The van der Waals surface area contributed by atoms with Crippen molar-refractivity contribution in [1.82, 2.24) is 15.6 Å². The van der Waals surface area contributed by atoms with E-state index in [1.807, 2.05) is 12.3 Å². The highest BCUT2D eigenvalue weighted by molar-refractivity contribution is 14.0. The van der Waals surface area contributed by atoms with E-state index in [0.29, 0.717) is 12.5 Å². The highest BCUT2D eigenvalue weighted by atomic mass is 127. The number of carbonyl (C=O) groups is 1. The van der Waals surface area contributed by atoms with Gasteiger partial charge in [-0.3, -0.25) is 4.79 Å². The van der Waals surface area contributed by atoms with E-state index in [-0.39, 0.29) is 35.8 Å². The minimum atomic E-state index is -0.193. The minimum Gasteiger partial charge on any atom is -0.369 e. The molecular formula is C19H33IN6O. The van der Waals surface area contributed by atoms with Crippen LogP contribution in [0.15, 0.2) is 23.3 Å². The molecule has 1 aromatic heterocycles. The van der Waals surface area contributed by atoms with Gasteiger partial charge in [0.05, 0.1) is 6.54 Å². The lowest BCUT2D eigenvalue weighted by molar-refractivity contribution is -0.122. The van der Waals surface area contributed by atoms with Crippen LogP contribution in [-0.4, -0.2) is 43.0 Å². The van der Waals surface area contributed by atoms with Gasteiger partial charge in [0.15, 0.2) is 5.96 Å². The molecular weight excluding hydrogens is 455 g/mol. The number of carbonyl (C=O) groups excluding carboxylic acids is 1. The predicted octanol–water partition coefficient (Wildman–Crippen LogP) is 2.11. The minimum absolute atomic E-state index is 0. The molecule has 152 valence electrons. The maximum atomic E-state index is 11.4. The second kappa shape index (κ2) is 12.0. The molecule has 0 saturated carbocycles. The average Bonchev–Trinajstić information content (AvgIpc) is 2.64. The lowest BCUT2D eigenvalue weighted by Gasteiger charge is -2.32. The van der Waals surface area contributed by atoms with E-state index in [0.717, 1.165) is 56.4 Å². The van der Waals surface area contributed by atoms with Crippen molar-refractivity contribution < 1.29 is 4.79 Å². The Kier molecular flexibility index (Phi) is 10.4. The molecule has 0 aliphatic carbocycles. The molecule has 4 N–H and O–H groups in total. The second-order valence-electron chi connectivity index (χ2n) is 7.12. The fraction of sp³-hybridized carbons (Fsp3) is 0.632. The van der Waals surface area contributed by atoms with E-state index in [9.17, 15) is 4.79 Å². The molecule has 0 bridgehead atoms. The Morgan fingerprint density at radius 3 is 2.67 bits per heavy atom. The molecule has 1 fully saturated rings. The number of primary amides is 1. The van der Waals surface area contributed by atoms with Crippen LogP contribution in [0.25, 0.3) is 0 Å². The molecule has 1 saturated heterocycles. The molecule has 0 atom stereocenters. The topological polar surface area (TPSA) is 95.6 Å². The van der Waals surface area contributed by atoms with E-state index >= 15 is 0 Å². The van der Waals surface area contributed by atoms with Crippen molar-refractivity contribution in [1.29, 1.82) is 0 Å². The van der Waals surface area contributed by atoms with Gasteiger partial charge in [-0.25, -0.2) is 9.98 Å². The number of hydrogen-bond acceptors (Lipinski definition) is 4. The van der Waals surface area contributed by atoms with Gasteiger partial charge in [0.2, 0.25) is 5.91 Å². The number of hydrogen-bond donors (Lipinski definition) is 3. The predicted molar refractivity (Wildman–Crippen MR) is 121 cm³/mol. The van der Waals surface area contributed by atoms with Crippen molar-refractivity contribution in [3.8, 4) is 0 Å². The summed E-state index contributed by atoms with van der Waals surface area (Å²) in [6.07, 6.45) is 3.38. The fourth-order valence-electron chi connectivity index (χ4n) is 3.02. The molecule has 2 rings (SSSR count). The normalized spacial score (nSPS) is 15.4. The van der Waals surface area contributed by atoms with Gasteiger partial charge in [0, 0.05) is 43.9 Å². The van der Waals surface area contributed by atoms with E-state index < -0.39 is 0 Å². The third-order valence-electron chi connectivity index (χ3n) is 4.49. The first kappa shape index (κ1) is 23.5. The molecule has 0 unspecified atom stereocenters. The van der Waals surface area contributed by atoms with Crippen LogP contribution >= 0.6 is 24.0 Å². The molecule has 1 aliphatic rings. The monoisotopic (exact) mass is 488 g/mol. The zero-order valence-corrected chi connectivity index (χ0v) is 18.9. The van der Waals surface area contributed by atoms with E-state index in [1.165, 1.54) is 0 Å². The zero-order chi connectivity index (χ0) is 18.9. The number of aliphatic imine (C=N–C) groups is 1. The Labute approximate surface area is 179 Å². The number of rotatable bonds is 7. The van der Waals surface area contributed by atoms with Crippen molar-refractivity contribution in [2.24, 2.45) is 22.6 Å². The maximum Gasteiger partial charge on any atom is 0.220 e. The van der Waals surface area contributed by atoms with Crippen LogP contribution < -0.4 is 21.3 Å². The Balaban J connectivity index is 0.00000364. The molecule has 8 heteroatoms. The van der Waals surface area contributed by atoms with Crippen LogP contribution in [0.3, 0.4) is 0 Å². The summed E-state index contributed by atoms with van der Waals surface area (Å²) in [4.78, 5) is 22.9. The summed E-state index contributed by atoms with van der Waals surface area (Å²) in [7, 11) is 0. The molecule has 1 aliphatic heterocycles. The molecule has 27 heavy (non-hydrogen) atoms. The summed E-state index contributed by atoms with van der Waals surface area (Å²) >= 11 is 0. The number of amides is 1. The number of aromatic nitrogens is 1. The summed E-state index contributed by atoms with van der Waals surface area (Å²) in [6, 6.07) is 4.01. The average molecular weight is 488 g/mol. The maximum absolute atomic E-state index is 11.4. The molecule has 0 aromatic carbocycles. The zero-order valence-electron chi connectivity index (χ0n) is 16.6. The largest absolute Gasteiger partial charge is 0.369 e. The third kappa shape index (κ3) is 7.51. The smallest absolute Gasteiger partial charge is 0.220 e. The number of nitrogens with one attached hydrogen (secondary N) is 2. The van der Waals surface area contributed by atoms with Crippen LogP contribution in [-0.2, 0) is 11.3 Å². The van der Waals surface area contributed by atoms with Crippen molar-refractivity contribution in [3.63, 3.8) is 0 Å². The van der Waals surface area contributed by atoms with Gasteiger partial charge in [-0.1, -0.05) is 19.9 Å². The van der Waals surface area contributed by atoms with Gasteiger partial charge in [-0.05, 0) is 31.7 Å². The Hall–Kier alpha value is -1.58. The van der Waals surface area contributed by atoms with Crippen LogP contribution in [0, 0.1) is 11.8 Å². The van der Waals surface area contributed by atoms with Gasteiger partial charge in [-0.15, -0.1) is 24.0 Å². The van der Waals surface area contributed by atoms with Gasteiger partial charge >= 0.3 is 0 Å². The van der Waals surface area contributed by atoms with Crippen LogP contribution in [0.2, 0.25) is 0 Å². The lowest BCUT2D eigenvalue weighted by atomic mass is 9.96. The molecule has 1 amide bonds. The summed E-state index contributed by atoms with van der Waals surface area (Å²) < 4.78 is 0. The fourth-order valence-corrected chi connectivity index (χ4v) is 3.02. The summed E-state index contributed by atoms with van der Waals surface area (Å²) in [5, 5.41) is 6.64. The van der Waals surface area contributed by atoms with Crippen molar-refractivity contribution in [2.75, 3.05) is 31.1 Å². The highest BCUT2D eigenvalue weighted by Crippen LogP contribution is 2.24. The van der Waals surface area contributed by atoms with E-state index in [1.54, 1.807) is 0 Å². The molecule has 0 radical (unpaired) electrons. The Morgan fingerprint density at radius 2 is 2.07 bits per heavy atom. The van der Waals surface area contributed by atoms with Crippen LogP contribution in [0.4, 0.5) is 5.82 Å². The third-order valence-corrected chi connectivity index (χ3v) is 4.49. The highest BCUT2D eigenvalue weighted by Gasteiger charge is 2.24. The van der Waals surface area contributed by atoms with Crippen LogP contribution in [0.1, 0.15) is 39.2 Å². The molecule has 0 spiro atoms. The van der Waals surface area contributed by atoms with Crippen molar-refractivity contribution in [3.05, 3.63) is 23.9 Å². The summed E-state index contributed by atoms with van der Waals surface area (Å²) in [5.74, 6) is 2.13. The van der Waals surface area contributed by atoms with Gasteiger partial charge in [0.1, 0.15) is 5.82 Å². The Bertz CT molecular complexity index is 614. The van der Waals surface area contributed by atoms with Gasteiger partial charge < -0.3 is 21.3 Å². The van der Waals surface area contributed by atoms with Crippen LogP contribution in [0.5, 0.6) is 0 Å². The number of nitrogens with two attached hydrogens (primary N) is 1. The second-order valence-corrected chi connectivity index (χ2v) is 7.12. The summed E-state index contributed by atoms with van der Waals surface area (Å²) in [6.45, 7) is 10.3. The first-order valence-corrected chi connectivity index (χ1v) is 9.51. The quantitative estimate of drug-likeness (QED) is 0.311. The number of pyridine rings is 1. The van der Waals surface area contributed by atoms with E-state index in [4.69, 9.17) is 10.7 Å². The molecule has 7 nitrogen and oxygen atoms in total. The number of anilines is 1. The molecule has 2 heterocycles. The SMILES string of the molecule is CCNC(=NCc1cccnc1N1CCC(C(N)=O)CC1)NCC(C)C.I. The van der Waals surface area contributed by atoms with Gasteiger partial charge in [0.25, 0.3) is 0 Å². The number of halogens is 1. The number of guanidine groups is 1. The van der Waals surface area contributed by atoms with E-state index in [2.05, 4.69) is 47.4 Å². The number of nitrogens with zero attached hydrogens (tertiary/aromatic N) is 3. The summed E-state index contributed by atoms with van der Waals surface area (Å²) in [5.41, 5.74) is 6.53. The van der Waals surface area contributed by atoms with Gasteiger partial charge in [-0.2, -0.15) is 0 Å². The van der Waals surface area contributed by atoms with Crippen molar-refractivity contribution >= 4 is 41.7 Å². The first-order chi connectivity index (χ1) is 12.5. The number of piperidine rings is 1. The molecule has 1 aromatic rings. The van der Waals surface area contributed by atoms with Crippen molar-refractivity contribution in [2.45, 2.75) is 40.2 Å². The standard InChI is InChI=1S/C19H32N6O.HI/c1-4-21-19(23-12-14(2)3)24-13-16-6-5-9-22-18(16)25-10-7-15(8-11-25)17(20)26;/h5-6,9,14-15H,4,7-8,10-13H2,1-3H3,(H2,20,26)(H2,21,23,24);1H.